The number of hydrogen-bond acceptors (Lipinski definition) is 9. The van der Waals surface area contributed by atoms with Crippen LogP contribution in [-0.4, -0.2) is 56.3 Å². The minimum Gasteiger partial charge on any atom is -0.477 e. The SMILES string of the molecule is CC=C1CS[C@H](CNC(=O)C(=NO)c2csc(N)n2)N=C1C(=O)O. The van der Waals surface area contributed by atoms with E-state index in [1.165, 1.54) is 17.1 Å². The smallest absolute Gasteiger partial charge is 0.354 e. The molecule has 0 unspecified atom stereocenters. The first-order valence-electron chi connectivity index (χ1n) is 6.76. The summed E-state index contributed by atoms with van der Waals surface area (Å²) in [7, 11) is 0. The van der Waals surface area contributed by atoms with Gasteiger partial charge in [0.05, 0.1) is 0 Å². The molecule has 1 atom stereocenters. The highest BCUT2D eigenvalue weighted by atomic mass is 32.2. The lowest BCUT2D eigenvalue weighted by atomic mass is 10.1. The standard InChI is InChI=1S/C13H15N5O4S2/c1-2-6-4-23-8(17-9(6)12(20)21)3-15-11(19)10(18-22)7-5-24-13(14)16-7/h2,5,8,22H,3-4H2,1H3,(H2,14,16)(H,15,19)(H,20,21)/t8-/m1/s1. The summed E-state index contributed by atoms with van der Waals surface area (Å²) < 4.78 is 0. The van der Waals surface area contributed by atoms with Crippen LogP contribution in [0.3, 0.4) is 0 Å². The van der Waals surface area contributed by atoms with Crippen LogP contribution < -0.4 is 11.1 Å². The van der Waals surface area contributed by atoms with Crippen molar-refractivity contribution in [2.24, 2.45) is 10.1 Å². The summed E-state index contributed by atoms with van der Waals surface area (Å²) in [5.74, 6) is -1.26. The normalized spacial score (nSPS) is 19.9. The number of amides is 1. The number of carboxylic acids is 1. The van der Waals surface area contributed by atoms with Gasteiger partial charge in [0.25, 0.3) is 5.91 Å². The second-order valence-electron chi connectivity index (χ2n) is 4.59. The second-order valence-corrected chi connectivity index (χ2v) is 6.65. The first-order chi connectivity index (χ1) is 11.5. The van der Waals surface area contributed by atoms with Crippen molar-refractivity contribution >= 4 is 51.5 Å². The van der Waals surface area contributed by atoms with Gasteiger partial charge in [0.15, 0.2) is 10.8 Å². The van der Waals surface area contributed by atoms with Crippen LogP contribution in [0.2, 0.25) is 0 Å². The fourth-order valence-electron chi connectivity index (χ4n) is 1.91. The average molecular weight is 369 g/mol. The molecule has 1 amide bonds. The minimum atomic E-state index is -1.10. The number of aromatic nitrogens is 1. The molecular weight excluding hydrogens is 354 g/mol. The number of allylic oxidation sites excluding steroid dienone is 1. The highest BCUT2D eigenvalue weighted by Crippen LogP contribution is 2.23. The van der Waals surface area contributed by atoms with Crippen LogP contribution >= 0.6 is 23.1 Å². The molecule has 128 valence electrons. The van der Waals surface area contributed by atoms with Crippen LogP contribution in [0.25, 0.3) is 0 Å². The molecule has 0 radical (unpaired) electrons. The number of nitrogens with zero attached hydrogens (tertiary/aromatic N) is 3. The molecular formula is C13H15N5O4S2. The van der Waals surface area contributed by atoms with E-state index < -0.39 is 17.3 Å². The van der Waals surface area contributed by atoms with Crippen LogP contribution in [-0.2, 0) is 9.59 Å². The molecule has 0 fully saturated rings. The van der Waals surface area contributed by atoms with E-state index in [2.05, 4.69) is 20.4 Å². The lowest BCUT2D eigenvalue weighted by Crippen LogP contribution is -2.38. The molecule has 5 N–H and O–H groups in total. The van der Waals surface area contributed by atoms with Crippen molar-refractivity contribution in [1.82, 2.24) is 10.3 Å². The topological polar surface area (TPSA) is 150 Å². The molecule has 2 rings (SSSR count). The monoisotopic (exact) mass is 369 g/mol. The van der Waals surface area contributed by atoms with Crippen LogP contribution in [0.15, 0.2) is 27.2 Å². The number of nitrogens with two attached hydrogens (primary N) is 1. The van der Waals surface area contributed by atoms with Crippen LogP contribution in [0.5, 0.6) is 0 Å². The van der Waals surface area contributed by atoms with E-state index in [-0.39, 0.29) is 28.8 Å². The molecule has 2 heterocycles. The zero-order valence-corrected chi connectivity index (χ0v) is 14.2. The highest BCUT2D eigenvalue weighted by molar-refractivity contribution is 8.00. The van der Waals surface area contributed by atoms with Crippen molar-refractivity contribution in [3.05, 3.63) is 22.7 Å². The first-order valence-corrected chi connectivity index (χ1v) is 8.69. The van der Waals surface area contributed by atoms with Gasteiger partial charge in [-0.05, 0) is 12.5 Å². The Labute approximate surface area is 145 Å². The Balaban J connectivity index is 2.03. The molecule has 1 aromatic rings. The number of carbonyl (C=O) groups excluding carboxylic acids is 1. The number of oxime groups is 1. The van der Waals surface area contributed by atoms with E-state index in [1.807, 2.05) is 0 Å². The van der Waals surface area contributed by atoms with Crippen molar-refractivity contribution in [3.63, 3.8) is 0 Å². The summed E-state index contributed by atoms with van der Waals surface area (Å²) in [5, 5.41) is 25.0. The Morgan fingerprint density at radius 1 is 1.58 bits per heavy atom. The van der Waals surface area contributed by atoms with Gasteiger partial charge in [0, 0.05) is 17.7 Å². The average Bonchev–Trinajstić information content (AvgIpc) is 2.99. The number of nitrogen functional groups attached to an aromatic ring is 1. The minimum absolute atomic E-state index is 0.00109. The van der Waals surface area contributed by atoms with Gasteiger partial charge in [-0.2, -0.15) is 0 Å². The van der Waals surface area contributed by atoms with E-state index in [0.717, 1.165) is 11.3 Å². The summed E-state index contributed by atoms with van der Waals surface area (Å²) in [5.41, 5.74) is 6.03. The summed E-state index contributed by atoms with van der Waals surface area (Å²) >= 11 is 2.52. The Bertz CT molecular complexity index is 740. The zero-order valence-electron chi connectivity index (χ0n) is 12.6. The number of hydrogen-bond donors (Lipinski definition) is 4. The number of aliphatic imine (C=N–C) groups is 1. The summed E-state index contributed by atoms with van der Waals surface area (Å²) in [6.07, 6.45) is 1.71. The lowest BCUT2D eigenvalue weighted by Gasteiger charge is -2.20. The van der Waals surface area contributed by atoms with Gasteiger partial charge in [-0.1, -0.05) is 11.2 Å². The summed E-state index contributed by atoms with van der Waals surface area (Å²) in [6.45, 7) is 1.84. The number of thiazole rings is 1. The molecule has 24 heavy (non-hydrogen) atoms. The van der Waals surface area contributed by atoms with Crippen LogP contribution in [0.4, 0.5) is 5.13 Å². The molecule has 0 saturated carbocycles. The molecule has 1 aliphatic rings. The Kier molecular flexibility index (Phi) is 5.93. The number of carboxylic acid groups (broad SMARTS) is 1. The van der Waals surface area contributed by atoms with Crippen molar-refractivity contribution in [2.45, 2.75) is 12.3 Å². The zero-order chi connectivity index (χ0) is 17.7. The van der Waals surface area contributed by atoms with Gasteiger partial charge < -0.3 is 21.4 Å². The van der Waals surface area contributed by atoms with Gasteiger partial charge in [-0.15, -0.1) is 23.1 Å². The van der Waals surface area contributed by atoms with E-state index in [4.69, 9.17) is 10.9 Å². The predicted octanol–water partition coefficient (Wildman–Crippen LogP) is 0.565. The third-order valence-electron chi connectivity index (χ3n) is 3.08. The molecule has 9 nitrogen and oxygen atoms in total. The summed E-state index contributed by atoms with van der Waals surface area (Å²) in [4.78, 5) is 31.3. The number of aliphatic carboxylic acids is 1. The van der Waals surface area contributed by atoms with Gasteiger partial charge in [0.1, 0.15) is 16.8 Å². The quantitative estimate of drug-likeness (QED) is 0.336. The predicted molar refractivity (Wildman–Crippen MR) is 92.9 cm³/mol. The molecule has 0 saturated heterocycles. The number of nitrogens with one attached hydrogen (secondary N) is 1. The number of rotatable bonds is 5. The third-order valence-corrected chi connectivity index (χ3v) is 4.88. The Morgan fingerprint density at radius 3 is 2.88 bits per heavy atom. The van der Waals surface area contributed by atoms with Gasteiger partial charge in [0.2, 0.25) is 0 Å². The molecule has 0 bridgehead atoms. The lowest BCUT2D eigenvalue weighted by molar-refractivity contribution is -0.129. The molecule has 0 aromatic carbocycles. The molecule has 1 aromatic heterocycles. The fourth-order valence-corrected chi connectivity index (χ4v) is 3.51. The van der Waals surface area contributed by atoms with Gasteiger partial charge >= 0.3 is 5.97 Å². The van der Waals surface area contributed by atoms with Gasteiger partial charge in [-0.25, -0.2) is 9.78 Å². The second kappa shape index (κ2) is 7.93. The van der Waals surface area contributed by atoms with E-state index in [0.29, 0.717) is 11.3 Å². The maximum absolute atomic E-state index is 12.1. The maximum atomic E-state index is 12.1. The molecule has 0 spiro atoms. The molecule has 11 heteroatoms. The van der Waals surface area contributed by atoms with Crippen molar-refractivity contribution in [3.8, 4) is 0 Å². The van der Waals surface area contributed by atoms with Crippen LogP contribution in [0.1, 0.15) is 12.6 Å². The fraction of sp³-hybridized carbons (Fsp3) is 0.308. The summed E-state index contributed by atoms with van der Waals surface area (Å²) in [6, 6.07) is 0. The van der Waals surface area contributed by atoms with E-state index in [9.17, 15) is 14.7 Å². The number of anilines is 1. The Morgan fingerprint density at radius 2 is 2.33 bits per heavy atom. The van der Waals surface area contributed by atoms with Crippen molar-refractivity contribution < 1.29 is 19.9 Å². The third kappa shape index (κ3) is 4.11. The van der Waals surface area contributed by atoms with Crippen molar-refractivity contribution in [1.29, 1.82) is 0 Å². The number of carbonyl (C=O) groups is 2. The number of thioether (sulfide) groups is 1. The maximum Gasteiger partial charge on any atom is 0.354 e. The van der Waals surface area contributed by atoms with E-state index in [1.54, 1.807) is 13.0 Å². The Hall–Kier alpha value is -2.40. The van der Waals surface area contributed by atoms with E-state index >= 15 is 0 Å². The van der Waals surface area contributed by atoms with Crippen molar-refractivity contribution in [2.75, 3.05) is 18.0 Å². The molecule has 0 aliphatic carbocycles. The largest absolute Gasteiger partial charge is 0.477 e. The molecule has 1 aliphatic heterocycles. The van der Waals surface area contributed by atoms with Crippen LogP contribution in [0, 0.1) is 0 Å². The highest BCUT2D eigenvalue weighted by Gasteiger charge is 2.25. The van der Waals surface area contributed by atoms with Gasteiger partial charge in [-0.3, -0.25) is 9.79 Å². The first kappa shape index (κ1) is 17.9.